The first-order valence-corrected chi connectivity index (χ1v) is 7.74. The summed E-state index contributed by atoms with van der Waals surface area (Å²) in [5, 5.41) is 14.2. The third-order valence-corrected chi connectivity index (χ3v) is 4.76. The molecule has 1 aromatic heterocycles. The number of carboxylic acid groups (broad SMARTS) is 1. The van der Waals surface area contributed by atoms with E-state index in [1.54, 1.807) is 29.5 Å². The van der Waals surface area contributed by atoms with Crippen LogP contribution in [0, 0.1) is 0 Å². The highest BCUT2D eigenvalue weighted by Gasteiger charge is 2.24. The van der Waals surface area contributed by atoms with Crippen LogP contribution in [0.15, 0.2) is 35.7 Å². The maximum absolute atomic E-state index is 12.4. The van der Waals surface area contributed by atoms with Gasteiger partial charge in [-0.1, -0.05) is 12.1 Å². The van der Waals surface area contributed by atoms with Crippen LogP contribution in [0.2, 0.25) is 0 Å². The molecule has 1 atom stereocenters. The summed E-state index contributed by atoms with van der Waals surface area (Å²) in [7, 11) is 0. The predicted octanol–water partition coefficient (Wildman–Crippen LogP) is 3.25. The molecule has 5 heteroatoms. The lowest BCUT2D eigenvalue weighted by molar-refractivity contribution is 0.0690. The lowest BCUT2D eigenvalue weighted by Crippen LogP contribution is -2.31. The maximum atomic E-state index is 12.4. The monoisotopic (exact) mass is 301 g/mol. The lowest BCUT2D eigenvalue weighted by Gasteiger charge is -2.24. The first kappa shape index (κ1) is 13.8. The number of fused-ring (bicyclic) bond motifs is 1. The smallest absolute Gasteiger partial charge is 0.336 e. The molecule has 4 nitrogen and oxygen atoms in total. The van der Waals surface area contributed by atoms with Gasteiger partial charge < -0.3 is 10.4 Å². The summed E-state index contributed by atoms with van der Waals surface area (Å²) >= 11 is 1.71. The number of aromatic carboxylic acids is 1. The van der Waals surface area contributed by atoms with Crippen molar-refractivity contribution in [2.45, 2.75) is 25.3 Å². The van der Waals surface area contributed by atoms with Gasteiger partial charge in [-0.2, -0.15) is 0 Å². The molecule has 1 unspecified atom stereocenters. The van der Waals surface area contributed by atoms with Crippen LogP contribution in [0.3, 0.4) is 0 Å². The predicted molar refractivity (Wildman–Crippen MR) is 80.9 cm³/mol. The van der Waals surface area contributed by atoms with Crippen molar-refractivity contribution < 1.29 is 14.7 Å². The number of nitrogens with one attached hydrogen (secondary N) is 1. The molecular formula is C16H15NO3S. The van der Waals surface area contributed by atoms with E-state index in [-0.39, 0.29) is 23.1 Å². The Morgan fingerprint density at radius 2 is 1.95 bits per heavy atom. The van der Waals surface area contributed by atoms with E-state index in [2.05, 4.69) is 5.32 Å². The summed E-state index contributed by atoms with van der Waals surface area (Å²) in [6.07, 6.45) is 2.99. The fraction of sp³-hybridized carbons (Fsp3) is 0.250. The number of aryl methyl sites for hydroxylation is 1. The first-order valence-electron chi connectivity index (χ1n) is 6.86. The van der Waals surface area contributed by atoms with E-state index in [0.717, 1.165) is 19.3 Å². The third-order valence-electron chi connectivity index (χ3n) is 3.76. The largest absolute Gasteiger partial charge is 0.478 e. The number of carbonyl (C=O) groups is 2. The van der Waals surface area contributed by atoms with Crippen LogP contribution in [0.5, 0.6) is 0 Å². The highest BCUT2D eigenvalue weighted by Crippen LogP contribution is 2.33. The SMILES string of the molecule is O=C(O)c1ccccc1C(=O)NC1CCCc2sccc21. The van der Waals surface area contributed by atoms with Crippen LogP contribution in [0.4, 0.5) is 0 Å². The van der Waals surface area contributed by atoms with Gasteiger partial charge in [0.2, 0.25) is 0 Å². The molecule has 1 aliphatic carbocycles. The molecule has 0 spiro atoms. The molecule has 0 saturated carbocycles. The number of carboxylic acids is 1. The zero-order chi connectivity index (χ0) is 14.8. The molecule has 1 aromatic carbocycles. The highest BCUT2D eigenvalue weighted by molar-refractivity contribution is 7.10. The Kier molecular flexibility index (Phi) is 3.75. The zero-order valence-corrected chi connectivity index (χ0v) is 12.2. The standard InChI is InChI=1S/C16H15NO3S/c18-15(10-4-1-2-5-11(10)16(19)20)17-13-6-3-7-14-12(13)8-9-21-14/h1-2,4-5,8-9,13H,3,6-7H2,(H,17,18)(H,19,20). The van der Waals surface area contributed by atoms with Gasteiger partial charge in [0.05, 0.1) is 17.2 Å². The van der Waals surface area contributed by atoms with Crippen molar-refractivity contribution in [2.24, 2.45) is 0 Å². The normalized spacial score (nSPS) is 17.0. The summed E-state index contributed by atoms with van der Waals surface area (Å²) in [4.78, 5) is 24.9. The van der Waals surface area contributed by atoms with Crippen LogP contribution < -0.4 is 5.32 Å². The van der Waals surface area contributed by atoms with Crippen LogP contribution in [-0.4, -0.2) is 17.0 Å². The lowest BCUT2D eigenvalue weighted by atomic mass is 9.93. The molecule has 2 N–H and O–H groups in total. The second-order valence-corrected chi connectivity index (χ2v) is 6.07. The summed E-state index contributed by atoms with van der Waals surface area (Å²) in [5.74, 6) is -1.40. The summed E-state index contributed by atoms with van der Waals surface area (Å²) in [5.41, 5.74) is 1.43. The fourth-order valence-corrected chi connectivity index (χ4v) is 3.73. The minimum atomic E-state index is -1.08. The van der Waals surface area contributed by atoms with Gasteiger partial charge in [0.1, 0.15) is 0 Å². The maximum Gasteiger partial charge on any atom is 0.336 e. The van der Waals surface area contributed by atoms with E-state index in [1.807, 2.05) is 11.4 Å². The van der Waals surface area contributed by atoms with Crippen molar-refractivity contribution in [3.05, 3.63) is 57.3 Å². The highest BCUT2D eigenvalue weighted by atomic mass is 32.1. The molecule has 0 aliphatic heterocycles. The second-order valence-electron chi connectivity index (χ2n) is 5.07. The Bertz CT molecular complexity index is 692. The zero-order valence-electron chi connectivity index (χ0n) is 11.3. The minimum absolute atomic E-state index is 0.0191. The van der Waals surface area contributed by atoms with Crippen molar-refractivity contribution in [1.82, 2.24) is 5.32 Å². The van der Waals surface area contributed by atoms with Crippen LogP contribution >= 0.6 is 11.3 Å². The summed E-state index contributed by atoms with van der Waals surface area (Å²) in [6, 6.07) is 8.34. The summed E-state index contributed by atoms with van der Waals surface area (Å²) < 4.78 is 0. The molecule has 21 heavy (non-hydrogen) atoms. The van der Waals surface area contributed by atoms with E-state index < -0.39 is 5.97 Å². The van der Waals surface area contributed by atoms with Crippen molar-refractivity contribution in [1.29, 1.82) is 0 Å². The third kappa shape index (κ3) is 2.69. The van der Waals surface area contributed by atoms with E-state index in [1.165, 1.54) is 16.5 Å². The van der Waals surface area contributed by atoms with Crippen LogP contribution in [0.25, 0.3) is 0 Å². The van der Waals surface area contributed by atoms with Crippen LogP contribution in [0.1, 0.15) is 50.0 Å². The molecule has 3 rings (SSSR count). The van der Waals surface area contributed by atoms with Crippen molar-refractivity contribution >= 4 is 23.2 Å². The first-order chi connectivity index (χ1) is 10.2. The number of amides is 1. The number of rotatable bonds is 3. The number of thiophene rings is 1. The molecule has 0 saturated heterocycles. The number of hydrogen-bond donors (Lipinski definition) is 2. The molecule has 1 aliphatic rings. The van der Waals surface area contributed by atoms with E-state index in [4.69, 9.17) is 5.11 Å². The van der Waals surface area contributed by atoms with E-state index in [9.17, 15) is 9.59 Å². The average molecular weight is 301 g/mol. The van der Waals surface area contributed by atoms with Gasteiger partial charge in [-0.15, -0.1) is 11.3 Å². The molecule has 1 amide bonds. The fourth-order valence-electron chi connectivity index (χ4n) is 2.74. The van der Waals surface area contributed by atoms with Gasteiger partial charge in [-0.05, 0) is 48.4 Å². The Hall–Kier alpha value is -2.14. The van der Waals surface area contributed by atoms with Gasteiger partial charge in [0.15, 0.2) is 0 Å². The van der Waals surface area contributed by atoms with Crippen molar-refractivity contribution in [2.75, 3.05) is 0 Å². The number of benzene rings is 1. The molecule has 1 heterocycles. The van der Waals surface area contributed by atoms with Gasteiger partial charge in [0.25, 0.3) is 5.91 Å². The molecule has 0 radical (unpaired) electrons. The van der Waals surface area contributed by atoms with E-state index >= 15 is 0 Å². The molecule has 0 fully saturated rings. The van der Waals surface area contributed by atoms with Crippen LogP contribution in [-0.2, 0) is 6.42 Å². The molecule has 0 bridgehead atoms. The average Bonchev–Trinajstić information content (AvgIpc) is 2.96. The topological polar surface area (TPSA) is 66.4 Å². The minimum Gasteiger partial charge on any atom is -0.478 e. The van der Waals surface area contributed by atoms with Gasteiger partial charge >= 0.3 is 5.97 Å². The van der Waals surface area contributed by atoms with Gasteiger partial charge in [0, 0.05) is 4.88 Å². The Morgan fingerprint density at radius 1 is 1.19 bits per heavy atom. The van der Waals surface area contributed by atoms with Gasteiger partial charge in [-0.25, -0.2) is 4.79 Å². The molecule has 2 aromatic rings. The Balaban J connectivity index is 1.84. The van der Waals surface area contributed by atoms with Gasteiger partial charge in [-0.3, -0.25) is 4.79 Å². The molecule has 108 valence electrons. The van der Waals surface area contributed by atoms with E-state index in [0.29, 0.717) is 0 Å². The van der Waals surface area contributed by atoms with Crippen molar-refractivity contribution in [3.8, 4) is 0 Å². The number of carbonyl (C=O) groups excluding carboxylic acids is 1. The summed E-state index contributed by atoms with van der Waals surface area (Å²) in [6.45, 7) is 0. The second kappa shape index (κ2) is 5.69. The quantitative estimate of drug-likeness (QED) is 0.914. The Labute approximate surface area is 126 Å². The Morgan fingerprint density at radius 3 is 2.71 bits per heavy atom. The number of hydrogen-bond acceptors (Lipinski definition) is 3. The molecular weight excluding hydrogens is 286 g/mol. The van der Waals surface area contributed by atoms with Crippen molar-refractivity contribution in [3.63, 3.8) is 0 Å².